The Balaban J connectivity index is 1.96. The van der Waals surface area contributed by atoms with E-state index >= 15 is 0 Å². The highest BCUT2D eigenvalue weighted by Crippen LogP contribution is 2.15. The minimum atomic E-state index is -0.380. The van der Waals surface area contributed by atoms with E-state index in [0.717, 1.165) is 30.0 Å². The molecule has 1 aromatic carbocycles. The van der Waals surface area contributed by atoms with Crippen molar-refractivity contribution >= 4 is 12.2 Å². The zero-order valence-electron chi connectivity index (χ0n) is 14.4. The van der Waals surface area contributed by atoms with Crippen LogP contribution in [-0.2, 0) is 7.05 Å². The summed E-state index contributed by atoms with van der Waals surface area (Å²) in [7, 11) is 5.87. The van der Waals surface area contributed by atoms with E-state index in [2.05, 4.69) is 4.90 Å². The highest BCUT2D eigenvalue weighted by Gasteiger charge is 2.00. The Labute approximate surface area is 142 Å². The van der Waals surface area contributed by atoms with Crippen LogP contribution < -0.4 is 10.2 Å². The lowest BCUT2D eigenvalue weighted by molar-refractivity contribution is 0.281. The molecule has 0 saturated heterocycles. The number of rotatable bonds is 7. The van der Waals surface area contributed by atoms with Crippen LogP contribution in [-0.4, -0.2) is 41.8 Å². The number of pyridine rings is 1. The zero-order chi connectivity index (χ0) is 17.5. The Hall–Kier alpha value is -2.53. The van der Waals surface area contributed by atoms with Gasteiger partial charge in [0, 0.05) is 31.5 Å². The second kappa shape index (κ2) is 8.36. The molecule has 1 heterocycles. The Morgan fingerprint density at radius 1 is 1.21 bits per heavy atom. The van der Waals surface area contributed by atoms with Crippen molar-refractivity contribution in [2.45, 2.75) is 6.42 Å². The number of aromatic hydroxyl groups is 1. The van der Waals surface area contributed by atoms with Crippen LogP contribution in [0.3, 0.4) is 0 Å². The second-order valence-electron chi connectivity index (χ2n) is 5.97. The Morgan fingerprint density at radius 3 is 2.58 bits per heavy atom. The van der Waals surface area contributed by atoms with Crippen LogP contribution in [0.2, 0.25) is 0 Å². The summed E-state index contributed by atoms with van der Waals surface area (Å²) in [5.74, 6) is 0.605. The molecule has 0 amide bonds. The molecule has 0 saturated carbocycles. The molecule has 5 nitrogen and oxygen atoms in total. The van der Waals surface area contributed by atoms with E-state index < -0.39 is 0 Å². The molecule has 128 valence electrons. The number of ether oxygens (including phenoxy) is 1. The summed E-state index contributed by atoms with van der Waals surface area (Å²) in [6.45, 7) is 1.70. The summed E-state index contributed by atoms with van der Waals surface area (Å²) in [4.78, 5) is 13.6. The molecule has 0 fully saturated rings. The van der Waals surface area contributed by atoms with E-state index in [0.29, 0.717) is 6.61 Å². The van der Waals surface area contributed by atoms with E-state index in [1.54, 1.807) is 11.6 Å². The normalized spacial score (nSPS) is 11.3. The van der Waals surface area contributed by atoms with Gasteiger partial charge in [-0.1, -0.05) is 18.2 Å². The van der Waals surface area contributed by atoms with Gasteiger partial charge < -0.3 is 19.3 Å². The molecule has 1 aromatic heterocycles. The number of aromatic nitrogens is 1. The fourth-order valence-electron chi connectivity index (χ4n) is 2.22. The largest absolute Gasteiger partial charge is 0.503 e. The number of aryl methyl sites for hydroxylation is 1. The van der Waals surface area contributed by atoms with Crippen molar-refractivity contribution in [3.05, 3.63) is 58.0 Å². The minimum Gasteiger partial charge on any atom is -0.503 e. The number of hydrogen-bond acceptors (Lipinski definition) is 4. The summed E-state index contributed by atoms with van der Waals surface area (Å²) in [5.41, 5.74) is 1.35. The monoisotopic (exact) mass is 328 g/mol. The Morgan fingerprint density at radius 2 is 1.92 bits per heavy atom. The van der Waals surface area contributed by atoms with Crippen molar-refractivity contribution in [2.75, 3.05) is 27.2 Å². The predicted molar refractivity (Wildman–Crippen MR) is 97.4 cm³/mol. The van der Waals surface area contributed by atoms with Gasteiger partial charge in [0.25, 0.3) is 0 Å². The van der Waals surface area contributed by atoms with Crippen LogP contribution >= 0.6 is 0 Å². The van der Waals surface area contributed by atoms with Crippen LogP contribution in [0.1, 0.15) is 17.7 Å². The van der Waals surface area contributed by atoms with E-state index in [4.69, 9.17) is 4.74 Å². The van der Waals surface area contributed by atoms with Crippen LogP contribution in [0.4, 0.5) is 0 Å². The van der Waals surface area contributed by atoms with Crippen molar-refractivity contribution in [3.63, 3.8) is 0 Å². The Kier molecular flexibility index (Phi) is 6.21. The lowest BCUT2D eigenvalue weighted by atomic mass is 10.2. The zero-order valence-corrected chi connectivity index (χ0v) is 14.4. The summed E-state index contributed by atoms with van der Waals surface area (Å²) in [5, 5.41) is 9.39. The number of hydrogen-bond donors (Lipinski definition) is 1. The van der Waals surface area contributed by atoms with E-state index in [9.17, 15) is 9.90 Å². The fourth-order valence-corrected chi connectivity index (χ4v) is 2.22. The first-order valence-corrected chi connectivity index (χ1v) is 7.91. The molecule has 0 bridgehead atoms. The average molecular weight is 328 g/mol. The van der Waals surface area contributed by atoms with Crippen molar-refractivity contribution < 1.29 is 9.84 Å². The maximum atomic E-state index is 11.5. The van der Waals surface area contributed by atoms with E-state index in [1.165, 1.54) is 12.3 Å². The van der Waals surface area contributed by atoms with Crippen molar-refractivity contribution in [1.82, 2.24) is 9.47 Å². The van der Waals surface area contributed by atoms with Gasteiger partial charge in [0.2, 0.25) is 5.43 Å². The van der Waals surface area contributed by atoms with Crippen molar-refractivity contribution in [1.29, 1.82) is 0 Å². The maximum Gasteiger partial charge on any atom is 0.223 e. The molecule has 0 aliphatic rings. The molecule has 2 aromatic rings. The Bertz CT molecular complexity index is 746. The van der Waals surface area contributed by atoms with Crippen molar-refractivity contribution in [3.8, 4) is 11.5 Å². The summed E-state index contributed by atoms with van der Waals surface area (Å²) < 4.78 is 7.40. The van der Waals surface area contributed by atoms with Crippen LogP contribution in [0.5, 0.6) is 11.5 Å². The molecule has 0 aliphatic heterocycles. The second-order valence-corrected chi connectivity index (χ2v) is 5.97. The molecule has 0 atom stereocenters. The van der Waals surface area contributed by atoms with Gasteiger partial charge in [-0.2, -0.15) is 0 Å². The van der Waals surface area contributed by atoms with Gasteiger partial charge in [-0.25, -0.2) is 0 Å². The highest BCUT2D eigenvalue weighted by molar-refractivity contribution is 5.68. The van der Waals surface area contributed by atoms with E-state index in [1.807, 2.05) is 50.5 Å². The number of benzene rings is 1. The van der Waals surface area contributed by atoms with Gasteiger partial charge in [0.05, 0.1) is 6.61 Å². The first-order valence-electron chi connectivity index (χ1n) is 7.91. The third kappa shape index (κ3) is 5.28. The van der Waals surface area contributed by atoms with Gasteiger partial charge in [-0.3, -0.25) is 4.79 Å². The van der Waals surface area contributed by atoms with Crippen LogP contribution in [0.25, 0.3) is 12.2 Å². The molecule has 2 rings (SSSR count). The maximum absolute atomic E-state index is 11.5. The van der Waals surface area contributed by atoms with E-state index in [-0.39, 0.29) is 11.2 Å². The summed E-state index contributed by atoms with van der Waals surface area (Å²) in [6, 6.07) is 9.22. The van der Waals surface area contributed by atoms with Crippen LogP contribution in [0.15, 0.2) is 41.3 Å². The fraction of sp³-hybridized carbons (Fsp3) is 0.316. The smallest absolute Gasteiger partial charge is 0.223 e. The predicted octanol–water partition coefficient (Wildman–Crippen LogP) is 2.59. The van der Waals surface area contributed by atoms with Crippen LogP contribution in [0, 0.1) is 0 Å². The molecule has 0 radical (unpaired) electrons. The van der Waals surface area contributed by atoms with Gasteiger partial charge in [0.1, 0.15) is 5.75 Å². The third-order valence-corrected chi connectivity index (χ3v) is 3.60. The molecule has 0 unspecified atom stereocenters. The van der Waals surface area contributed by atoms with Gasteiger partial charge in [0.15, 0.2) is 5.75 Å². The highest BCUT2D eigenvalue weighted by atomic mass is 16.5. The molecule has 0 spiro atoms. The molecular weight excluding hydrogens is 304 g/mol. The molecule has 1 N–H and O–H groups in total. The average Bonchev–Trinajstić information content (AvgIpc) is 2.55. The molecule has 5 heteroatoms. The standard InChI is InChI=1S/C19H24N2O3/c1-20(2)11-4-12-24-17-9-6-15(7-10-17)5-8-16-13-18(22)19(23)14-21(16)3/h5-10,13-14,23H,4,11-12H2,1-3H3/b8-5+. The SMILES string of the molecule is CN(C)CCCOc1ccc(/C=C/c2cc(=O)c(O)cn2C)cc1. The molecule has 0 aliphatic carbocycles. The number of nitrogens with zero attached hydrogens (tertiary/aromatic N) is 2. The lowest BCUT2D eigenvalue weighted by Crippen LogP contribution is -2.15. The summed E-state index contributed by atoms with van der Waals surface area (Å²) >= 11 is 0. The quantitative estimate of drug-likeness (QED) is 0.794. The van der Waals surface area contributed by atoms with Gasteiger partial charge >= 0.3 is 0 Å². The summed E-state index contributed by atoms with van der Waals surface area (Å²) in [6.07, 6.45) is 6.16. The first-order chi connectivity index (χ1) is 11.5. The molecular formula is C19H24N2O3. The minimum absolute atomic E-state index is 0.245. The topological polar surface area (TPSA) is 54.7 Å². The van der Waals surface area contributed by atoms with Crippen molar-refractivity contribution in [2.24, 2.45) is 7.05 Å². The first kappa shape index (κ1) is 17.8. The lowest BCUT2D eigenvalue weighted by Gasteiger charge is -2.10. The molecule has 24 heavy (non-hydrogen) atoms. The van der Waals surface area contributed by atoms with Gasteiger partial charge in [-0.05, 0) is 44.3 Å². The third-order valence-electron chi connectivity index (χ3n) is 3.60. The van der Waals surface area contributed by atoms with Gasteiger partial charge in [-0.15, -0.1) is 0 Å².